The van der Waals surface area contributed by atoms with E-state index in [0.29, 0.717) is 0 Å². The van der Waals surface area contributed by atoms with Crippen LogP contribution < -0.4 is 0 Å². The van der Waals surface area contributed by atoms with Crippen molar-refractivity contribution in [3.63, 3.8) is 0 Å². The number of methoxy groups -OCH3 is 1. The van der Waals surface area contributed by atoms with Crippen LogP contribution in [-0.4, -0.2) is 26.7 Å². The van der Waals surface area contributed by atoms with Gasteiger partial charge in [-0.3, -0.25) is 4.55 Å². The van der Waals surface area contributed by atoms with Crippen LogP contribution in [0, 0.1) is 0 Å². The lowest BCUT2D eigenvalue weighted by Gasteiger charge is -2.01. The Morgan fingerprint density at radius 2 is 2.20 bits per heavy atom. The zero-order valence-electron chi connectivity index (χ0n) is 5.40. The van der Waals surface area contributed by atoms with Gasteiger partial charge in [0.25, 0.3) is 0 Å². The Morgan fingerprint density at radius 1 is 1.70 bits per heavy atom. The second-order valence-corrected chi connectivity index (χ2v) is 2.52. The predicted octanol–water partition coefficient (Wildman–Crippen LogP) is -0.0341. The van der Waals surface area contributed by atoms with Crippen molar-refractivity contribution < 1.29 is 21.9 Å². The molecule has 0 saturated carbocycles. The summed E-state index contributed by atoms with van der Waals surface area (Å²) in [5, 5.41) is 0. The number of hydrogen-bond donors (Lipinski definition) is 1. The average molecular weight is 168 g/mol. The minimum Gasteiger partial charge on any atom is -0.499 e. The van der Waals surface area contributed by atoms with E-state index < -0.39 is 10.4 Å². The molecule has 0 aromatic heterocycles. The zero-order valence-corrected chi connectivity index (χ0v) is 6.22. The van der Waals surface area contributed by atoms with Gasteiger partial charge < -0.3 is 4.74 Å². The van der Waals surface area contributed by atoms with Crippen LogP contribution >= 0.6 is 0 Å². The van der Waals surface area contributed by atoms with Crippen LogP contribution in [0.15, 0.2) is 12.3 Å². The van der Waals surface area contributed by atoms with E-state index in [1.807, 2.05) is 0 Å². The summed E-state index contributed by atoms with van der Waals surface area (Å²) in [7, 11) is -3.05. The monoisotopic (exact) mass is 168 g/mol. The molecule has 0 aromatic carbocycles. The second kappa shape index (κ2) is 3.55. The molecule has 0 aliphatic carbocycles. The summed E-state index contributed by atoms with van der Waals surface area (Å²) in [6, 6.07) is 0. The van der Waals surface area contributed by atoms with Crippen molar-refractivity contribution in [3.8, 4) is 0 Å². The van der Waals surface area contributed by atoms with Gasteiger partial charge in [-0.25, -0.2) is 4.18 Å². The van der Waals surface area contributed by atoms with Crippen LogP contribution in [0.4, 0.5) is 0 Å². The SMILES string of the molecule is C=C(COS(=O)(=O)O)OC. The summed E-state index contributed by atoms with van der Waals surface area (Å²) < 4.78 is 36.1. The molecule has 0 atom stereocenters. The van der Waals surface area contributed by atoms with E-state index in [9.17, 15) is 8.42 Å². The van der Waals surface area contributed by atoms with E-state index in [-0.39, 0.29) is 12.4 Å². The largest absolute Gasteiger partial charge is 0.499 e. The summed E-state index contributed by atoms with van der Waals surface area (Å²) in [6.07, 6.45) is 0. The quantitative estimate of drug-likeness (QED) is 0.471. The molecular weight excluding hydrogens is 160 g/mol. The molecule has 60 valence electrons. The van der Waals surface area contributed by atoms with Crippen molar-refractivity contribution in [2.75, 3.05) is 13.7 Å². The Labute approximate surface area is 59.2 Å². The number of rotatable bonds is 4. The molecule has 0 spiro atoms. The minimum atomic E-state index is -4.37. The van der Waals surface area contributed by atoms with Crippen molar-refractivity contribution in [2.24, 2.45) is 0 Å². The Kier molecular flexibility index (Phi) is 3.34. The van der Waals surface area contributed by atoms with E-state index in [2.05, 4.69) is 15.5 Å². The fourth-order valence-electron chi connectivity index (χ4n) is 0.199. The zero-order chi connectivity index (χ0) is 8.20. The third kappa shape index (κ3) is 5.54. The first-order chi connectivity index (χ1) is 4.45. The van der Waals surface area contributed by atoms with E-state index in [1.54, 1.807) is 0 Å². The van der Waals surface area contributed by atoms with Crippen molar-refractivity contribution >= 4 is 10.4 Å². The maximum atomic E-state index is 9.89. The molecule has 0 heterocycles. The van der Waals surface area contributed by atoms with Gasteiger partial charge in [0.2, 0.25) is 0 Å². The van der Waals surface area contributed by atoms with Gasteiger partial charge in [0, 0.05) is 0 Å². The number of hydrogen-bond acceptors (Lipinski definition) is 4. The van der Waals surface area contributed by atoms with E-state index in [1.165, 1.54) is 7.11 Å². The van der Waals surface area contributed by atoms with Gasteiger partial charge in [-0.2, -0.15) is 8.42 Å². The molecule has 5 nitrogen and oxygen atoms in total. The van der Waals surface area contributed by atoms with Crippen LogP contribution in [0.5, 0.6) is 0 Å². The molecule has 10 heavy (non-hydrogen) atoms. The molecule has 0 amide bonds. The molecule has 0 rings (SSSR count). The Bertz CT molecular complexity index is 204. The van der Waals surface area contributed by atoms with Gasteiger partial charge in [-0.05, 0) is 0 Å². The molecule has 0 aliphatic heterocycles. The highest BCUT2D eigenvalue weighted by Gasteiger charge is 2.04. The topological polar surface area (TPSA) is 72.8 Å². The lowest BCUT2D eigenvalue weighted by Crippen LogP contribution is -2.06. The third-order valence-electron chi connectivity index (χ3n) is 0.658. The summed E-state index contributed by atoms with van der Waals surface area (Å²) in [5.74, 6) is 0.123. The van der Waals surface area contributed by atoms with Crippen LogP contribution in [0.3, 0.4) is 0 Å². The van der Waals surface area contributed by atoms with Gasteiger partial charge >= 0.3 is 10.4 Å². The lowest BCUT2D eigenvalue weighted by molar-refractivity contribution is 0.208. The molecule has 0 saturated heterocycles. The Morgan fingerprint density at radius 3 is 2.50 bits per heavy atom. The lowest BCUT2D eigenvalue weighted by atomic mass is 10.6. The molecule has 0 bridgehead atoms. The highest BCUT2D eigenvalue weighted by Crippen LogP contribution is 1.94. The average Bonchev–Trinajstić information content (AvgIpc) is 1.81. The highest BCUT2D eigenvalue weighted by atomic mass is 32.3. The van der Waals surface area contributed by atoms with Gasteiger partial charge in [0.15, 0.2) is 0 Å². The first-order valence-corrected chi connectivity index (χ1v) is 3.66. The van der Waals surface area contributed by atoms with Crippen molar-refractivity contribution in [2.45, 2.75) is 0 Å². The predicted molar refractivity (Wildman–Crippen MR) is 33.6 cm³/mol. The molecule has 0 aromatic rings. The summed E-state index contributed by atoms with van der Waals surface area (Å²) >= 11 is 0. The second-order valence-electron chi connectivity index (χ2n) is 1.43. The van der Waals surface area contributed by atoms with Crippen molar-refractivity contribution in [1.29, 1.82) is 0 Å². The molecule has 0 unspecified atom stereocenters. The highest BCUT2D eigenvalue weighted by molar-refractivity contribution is 7.80. The van der Waals surface area contributed by atoms with E-state index >= 15 is 0 Å². The normalized spacial score (nSPS) is 11.0. The summed E-state index contributed by atoms with van der Waals surface area (Å²) in [5.41, 5.74) is 0. The molecule has 0 radical (unpaired) electrons. The Hall–Kier alpha value is -0.590. The minimum absolute atomic E-state index is 0.123. The van der Waals surface area contributed by atoms with Gasteiger partial charge in [0.1, 0.15) is 12.4 Å². The van der Waals surface area contributed by atoms with E-state index in [4.69, 9.17) is 4.55 Å². The molecule has 1 N–H and O–H groups in total. The standard InChI is InChI=1S/C4H8O5S/c1-4(8-2)3-9-10(5,6)7/h1,3H2,2H3,(H,5,6,7). The van der Waals surface area contributed by atoms with Crippen LogP contribution in [0.1, 0.15) is 0 Å². The number of ether oxygens (including phenoxy) is 1. The summed E-state index contributed by atoms with van der Waals surface area (Å²) in [6.45, 7) is 2.89. The maximum Gasteiger partial charge on any atom is 0.397 e. The summed E-state index contributed by atoms with van der Waals surface area (Å²) in [4.78, 5) is 0. The molecule has 0 aliphatic rings. The fraction of sp³-hybridized carbons (Fsp3) is 0.500. The van der Waals surface area contributed by atoms with Crippen molar-refractivity contribution in [1.82, 2.24) is 0 Å². The molecule has 6 heteroatoms. The fourth-order valence-corrected chi connectivity index (χ4v) is 0.479. The van der Waals surface area contributed by atoms with Crippen LogP contribution in [0.25, 0.3) is 0 Å². The van der Waals surface area contributed by atoms with E-state index in [0.717, 1.165) is 0 Å². The smallest absolute Gasteiger partial charge is 0.397 e. The van der Waals surface area contributed by atoms with Crippen LogP contribution in [-0.2, 0) is 19.3 Å². The molecular formula is C4H8O5S. The first kappa shape index (κ1) is 9.41. The molecule has 0 fully saturated rings. The van der Waals surface area contributed by atoms with Crippen LogP contribution in [0.2, 0.25) is 0 Å². The van der Waals surface area contributed by atoms with Crippen molar-refractivity contribution in [3.05, 3.63) is 12.3 Å². The maximum absolute atomic E-state index is 9.89. The van der Waals surface area contributed by atoms with Gasteiger partial charge in [0.05, 0.1) is 7.11 Å². The third-order valence-corrected chi connectivity index (χ3v) is 1.07. The van der Waals surface area contributed by atoms with Gasteiger partial charge in [-0.1, -0.05) is 6.58 Å². The Balaban J connectivity index is 3.67. The first-order valence-electron chi connectivity index (χ1n) is 2.29. The van der Waals surface area contributed by atoms with Gasteiger partial charge in [-0.15, -0.1) is 0 Å².